The van der Waals surface area contributed by atoms with Crippen LogP contribution in [0.25, 0.3) is 0 Å². The zero-order valence-electron chi connectivity index (χ0n) is 7.77. The Hall–Kier alpha value is -2.05. The molecule has 0 aromatic carbocycles. The van der Waals surface area contributed by atoms with Crippen molar-refractivity contribution in [2.24, 2.45) is 29.0 Å². The zero-order valence-corrected chi connectivity index (χ0v) is 7.77. The fourth-order valence-electron chi connectivity index (χ4n) is 1.42. The van der Waals surface area contributed by atoms with E-state index in [2.05, 4.69) is 5.32 Å². The molecule has 0 aromatic rings. The van der Waals surface area contributed by atoms with Crippen molar-refractivity contribution in [3.05, 3.63) is 18.3 Å². The maximum Gasteiger partial charge on any atom is 0.246 e. The largest absolute Gasteiger partial charge is 0.385 e. The van der Waals surface area contributed by atoms with E-state index in [0.29, 0.717) is 0 Å². The number of amides is 3. The van der Waals surface area contributed by atoms with Gasteiger partial charge in [0.1, 0.15) is 0 Å². The van der Waals surface area contributed by atoms with E-state index < -0.39 is 29.6 Å². The predicted octanol–water partition coefficient (Wildman–Crippen LogP) is -2.68. The Bertz CT molecular complexity index is 350. The topological polar surface area (TPSA) is 141 Å². The van der Waals surface area contributed by atoms with Gasteiger partial charge >= 0.3 is 0 Å². The van der Waals surface area contributed by atoms with Crippen LogP contribution in [0.3, 0.4) is 0 Å². The van der Waals surface area contributed by atoms with Gasteiger partial charge in [0.15, 0.2) is 0 Å². The average Bonchev–Trinajstić information content (AvgIpc) is 2.16. The summed E-state index contributed by atoms with van der Waals surface area (Å²) < 4.78 is 0. The molecule has 0 bridgehead atoms. The van der Waals surface area contributed by atoms with Crippen LogP contribution in [-0.2, 0) is 14.4 Å². The van der Waals surface area contributed by atoms with E-state index in [0.717, 1.165) is 0 Å². The number of carbonyl (C=O) groups is 3. The average molecular weight is 211 g/mol. The summed E-state index contributed by atoms with van der Waals surface area (Å²) in [7, 11) is 0. The van der Waals surface area contributed by atoms with E-state index in [9.17, 15) is 14.4 Å². The van der Waals surface area contributed by atoms with Gasteiger partial charge in [-0.25, -0.2) is 0 Å². The Morgan fingerprint density at radius 3 is 2.13 bits per heavy atom. The van der Waals surface area contributed by atoms with Crippen molar-refractivity contribution in [3.63, 3.8) is 0 Å². The lowest BCUT2D eigenvalue weighted by Crippen LogP contribution is -2.46. The van der Waals surface area contributed by atoms with Crippen LogP contribution < -0.4 is 22.5 Å². The van der Waals surface area contributed by atoms with Crippen LogP contribution in [0, 0.1) is 18.4 Å². The summed E-state index contributed by atoms with van der Waals surface area (Å²) in [6.45, 7) is 1.30. The van der Waals surface area contributed by atoms with Crippen molar-refractivity contribution in [2.75, 3.05) is 0 Å². The summed E-state index contributed by atoms with van der Waals surface area (Å²) in [6, 6.07) is 0. The molecule has 7 N–H and O–H groups in total. The third kappa shape index (κ3) is 2.06. The molecule has 15 heavy (non-hydrogen) atoms. The molecule has 0 aromatic heterocycles. The standard InChI is InChI=1S/C8H11N4O3/c9-6(13)3-1-12-2-4(7(10)14)5(3)8(11)15/h1-3,5,12H,(H2,9,13)(H2,10,14)(H2,11,15). The lowest BCUT2D eigenvalue weighted by molar-refractivity contribution is -0.130. The van der Waals surface area contributed by atoms with Gasteiger partial charge in [0.2, 0.25) is 17.7 Å². The van der Waals surface area contributed by atoms with Gasteiger partial charge < -0.3 is 22.5 Å². The number of hydrogen-bond acceptors (Lipinski definition) is 4. The lowest BCUT2D eigenvalue weighted by atomic mass is 9.82. The zero-order chi connectivity index (χ0) is 11.6. The molecule has 81 valence electrons. The minimum absolute atomic E-state index is 0.0474. The van der Waals surface area contributed by atoms with Gasteiger partial charge in [-0.1, -0.05) is 0 Å². The van der Waals surface area contributed by atoms with Crippen LogP contribution in [0.2, 0.25) is 0 Å². The molecule has 1 heterocycles. The second-order valence-corrected chi connectivity index (χ2v) is 3.11. The summed E-state index contributed by atoms with van der Waals surface area (Å²) >= 11 is 0. The molecule has 1 radical (unpaired) electrons. The molecule has 1 rings (SSSR count). The van der Waals surface area contributed by atoms with Crippen LogP contribution in [0.4, 0.5) is 0 Å². The normalized spacial score (nSPS) is 24.9. The molecule has 7 nitrogen and oxygen atoms in total. The van der Waals surface area contributed by atoms with Gasteiger partial charge in [-0.3, -0.25) is 14.4 Å². The lowest BCUT2D eigenvalue weighted by Gasteiger charge is -2.26. The molecule has 3 amide bonds. The minimum atomic E-state index is -1.10. The van der Waals surface area contributed by atoms with Crippen LogP contribution in [0.15, 0.2) is 11.8 Å². The van der Waals surface area contributed by atoms with E-state index in [1.807, 2.05) is 0 Å². The van der Waals surface area contributed by atoms with Crippen molar-refractivity contribution < 1.29 is 14.4 Å². The summed E-state index contributed by atoms with van der Waals surface area (Å²) in [5.41, 5.74) is 15.1. The first kappa shape index (κ1) is 11.0. The highest BCUT2D eigenvalue weighted by Crippen LogP contribution is 2.25. The number of carbonyl (C=O) groups excluding carboxylic acids is 3. The van der Waals surface area contributed by atoms with Crippen LogP contribution in [-0.4, -0.2) is 17.7 Å². The van der Waals surface area contributed by atoms with Crippen LogP contribution in [0.5, 0.6) is 0 Å². The number of nitrogens with one attached hydrogen (secondary N) is 1. The van der Waals surface area contributed by atoms with Crippen LogP contribution >= 0.6 is 0 Å². The predicted molar refractivity (Wildman–Crippen MR) is 50.1 cm³/mol. The van der Waals surface area contributed by atoms with E-state index in [-0.39, 0.29) is 5.57 Å². The van der Waals surface area contributed by atoms with Crippen molar-refractivity contribution in [1.82, 2.24) is 5.32 Å². The Labute approximate surface area is 85.7 Å². The molecule has 7 heteroatoms. The highest BCUT2D eigenvalue weighted by molar-refractivity contribution is 6.01. The third-order valence-corrected chi connectivity index (χ3v) is 2.13. The number of hydrogen-bond donors (Lipinski definition) is 4. The van der Waals surface area contributed by atoms with E-state index >= 15 is 0 Å². The van der Waals surface area contributed by atoms with Crippen molar-refractivity contribution in [2.45, 2.75) is 0 Å². The molecule has 2 atom stereocenters. The SMILES string of the molecule is NC(=O)C1=CN[CH]C(C(N)=O)C1C(N)=O. The van der Waals surface area contributed by atoms with Crippen LogP contribution in [0.1, 0.15) is 0 Å². The number of primary amides is 3. The Morgan fingerprint density at radius 1 is 1.13 bits per heavy atom. The van der Waals surface area contributed by atoms with E-state index in [4.69, 9.17) is 17.2 Å². The highest BCUT2D eigenvalue weighted by Gasteiger charge is 2.38. The maximum atomic E-state index is 11.1. The molecule has 1 aliphatic rings. The van der Waals surface area contributed by atoms with Gasteiger partial charge in [0.05, 0.1) is 18.4 Å². The molecule has 0 spiro atoms. The Kier molecular flexibility index (Phi) is 2.93. The first-order valence-electron chi connectivity index (χ1n) is 4.13. The fraction of sp³-hybridized carbons (Fsp3) is 0.250. The highest BCUT2D eigenvalue weighted by atomic mass is 16.2. The summed E-state index contributed by atoms with van der Waals surface area (Å²) in [6.07, 6.45) is 1.23. The number of nitrogens with two attached hydrogens (primary N) is 3. The molecule has 2 unspecified atom stereocenters. The molecule has 0 fully saturated rings. The third-order valence-electron chi connectivity index (χ3n) is 2.13. The molecular weight excluding hydrogens is 200 g/mol. The minimum Gasteiger partial charge on any atom is -0.385 e. The second-order valence-electron chi connectivity index (χ2n) is 3.11. The Morgan fingerprint density at radius 2 is 1.73 bits per heavy atom. The Balaban J connectivity index is 3.08. The summed E-state index contributed by atoms with van der Waals surface area (Å²) in [5.74, 6) is -4.44. The van der Waals surface area contributed by atoms with E-state index in [1.165, 1.54) is 12.7 Å². The van der Waals surface area contributed by atoms with Crippen molar-refractivity contribution >= 4 is 17.7 Å². The van der Waals surface area contributed by atoms with Gasteiger partial charge in [-0.2, -0.15) is 0 Å². The second kappa shape index (κ2) is 3.99. The van der Waals surface area contributed by atoms with Gasteiger partial charge in [0.25, 0.3) is 0 Å². The summed E-state index contributed by atoms with van der Waals surface area (Å²) in [4.78, 5) is 33.1. The molecule has 0 saturated heterocycles. The van der Waals surface area contributed by atoms with E-state index in [1.54, 1.807) is 0 Å². The van der Waals surface area contributed by atoms with Gasteiger partial charge in [0, 0.05) is 11.8 Å². The molecule has 0 saturated carbocycles. The maximum absolute atomic E-state index is 11.1. The van der Waals surface area contributed by atoms with Gasteiger partial charge in [-0.15, -0.1) is 0 Å². The number of rotatable bonds is 3. The fourth-order valence-corrected chi connectivity index (χ4v) is 1.42. The summed E-state index contributed by atoms with van der Waals surface area (Å²) in [5, 5.41) is 2.54. The first-order chi connectivity index (χ1) is 6.95. The molecule has 0 aliphatic carbocycles. The van der Waals surface area contributed by atoms with Crippen molar-refractivity contribution in [1.29, 1.82) is 0 Å². The first-order valence-corrected chi connectivity index (χ1v) is 4.13. The quantitative estimate of drug-likeness (QED) is 0.403. The van der Waals surface area contributed by atoms with Gasteiger partial charge in [-0.05, 0) is 0 Å². The molecule has 1 aliphatic heterocycles. The smallest absolute Gasteiger partial charge is 0.246 e. The molecular formula is C8H11N4O3. The van der Waals surface area contributed by atoms with Crippen molar-refractivity contribution in [3.8, 4) is 0 Å². The monoisotopic (exact) mass is 211 g/mol.